The van der Waals surface area contributed by atoms with E-state index in [2.05, 4.69) is 64.1 Å². The van der Waals surface area contributed by atoms with Crippen molar-refractivity contribution in [2.24, 2.45) is 13.0 Å². The molecule has 4 atom stereocenters. The van der Waals surface area contributed by atoms with Crippen LogP contribution < -0.4 is 16.0 Å². The van der Waals surface area contributed by atoms with Gasteiger partial charge in [0, 0.05) is 61.2 Å². The van der Waals surface area contributed by atoms with Crippen molar-refractivity contribution in [2.75, 3.05) is 30.4 Å². The normalized spacial score (nSPS) is 21.8. The molecule has 0 bridgehead atoms. The minimum atomic E-state index is -0.823. The summed E-state index contributed by atoms with van der Waals surface area (Å²) in [6, 6.07) is 16.4. The lowest BCUT2D eigenvalue weighted by Crippen LogP contribution is -2.41. The van der Waals surface area contributed by atoms with Crippen LogP contribution in [-0.2, 0) is 23.7 Å². The Morgan fingerprint density at radius 2 is 1.75 bits per heavy atom. The van der Waals surface area contributed by atoms with E-state index >= 15 is 9.18 Å². The van der Waals surface area contributed by atoms with Crippen LogP contribution in [0.15, 0.2) is 70.1 Å². The summed E-state index contributed by atoms with van der Waals surface area (Å²) in [5.41, 5.74) is 5.84. The second-order valence-corrected chi connectivity index (χ2v) is 18.4. The van der Waals surface area contributed by atoms with Crippen molar-refractivity contribution in [3.8, 4) is 5.69 Å². The van der Waals surface area contributed by atoms with E-state index < -0.39 is 23.4 Å². The van der Waals surface area contributed by atoms with Crippen LogP contribution in [0.1, 0.15) is 103 Å². The van der Waals surface area contributed by atoms with Gasteiger partial charge in [0.25, 0.3) is 5.91 Å². The van der Waals surface area contributed by atoms with Gasteiger partial charge in [-0.2, -0.15) is 10.2 Å². The number of carbonyl (C=O) groups is 2. The molecule has 326 valence electrons. The number of ether oxygens (including phenoxy) is 1. The summed E-state index contributed by atoms with van der Waals surface area (Å²) in [4.78, 5) is 48.4. The Balaban J connectivity index is 1.07. The highest BCUT2D eigenvalue weighted by molar-refractivity contribution is 6.03. The molecule has 1 aliphatic carbocycles. The lowest BCUT2D eigenvalue weighted by Gasteiger charge is -2.35. The molecule has 6 heterocycles. The van der Waals surface area contributed by atoms with Gasteiger partial charge in [0.05, 0.1) is 34.7 Å². The Morgan fingerprint density at radius 1 is 1.00 bits per heavy atom. The van der Waals surface area contributed by atoms with Gasteiger partial charge < -0.3 is 19.5 Å². The molecule has 1 saturated carbocycles. The number of nitrogens with one attached hydrogen (secondary N) is 2. The Morgan fingerprint density at radius 3 is 2.44 bits per heavy atom. The van der Waals surface area contributed by atoms with Crippen LogP contribution in [-0.4, -0.2) is 76.9 Å². The topological polar surface area (TPSA) is 161 Å². The summed E-state index contributed by atoms with van der Waals surface area (Å²) in [5, 5.41) is 18.4. The van der Waals surface area contributed by atoms with Crippen LogP contribution in [0.3, 0.4) is 0 Å². The van der Waals surface area contributed by atoms with E-state index in [0.717, 1.165) is 40.3 Å². The predicted molar refractivity (Wildman–Crippen MR) is 236 cm³/mol. The maximum absolute atomic E-state index is 15.5. The number of hydrogen-bond donors (Lipinski definition) is 2. The van der Waals surface area contributed by atoms with E-state index in [1.807, 2.05) is 43.1 Å². The number of hydrogen-bond acceptors (Lipinski definition) is 8. The fraction of sp³-hybridized carbons (Fsp3) is 0.404. The van der Waals surface area contributed by atoms with Crippen LogP contribution >= 0.6 is 0 Å². The van der Waals surface area contributed by atoms with Gasteiger partial charge in [-0.05, 0) is 131 Å². The van der Waals surface area contributed by atoms with Gasteiger partial charge in [0.2, 0.25) is 0 Å². The molecular weight excluding hydrogens is 804 g/mol. The lowest BCUT2D eigenvalue weighted by molar-refractivity contribution is -0.0592. The van der Waals surface area contributed by atoms with Gasteiger partial charge in [-0.15, -0.1) is 0 Å². The van der Waals surface area contributed by atoms with Gasteiger partial charge >= 0.3 is 11.8 Å². The van der Waals surface area contributed by atoms with Crippen molar-refractivity contribution in [1.29, 1.82) is 0 Å². The minimum absolute atomic E-state index is 0.0280. The number of anilines is 2. The van der Waals surface area contributed by atoms with Crippen molar-refractivity contribution in [3.05, 3.63) is 117 Å². The third-order valence-corrected chi connectivity index (χ3v) is 13.7. The zero-order chi connectivity index (χ0) is 44.3. The van der Waals surface area contributed by atoms with E-state index in [0.29, 0.717) is 71.4 Å². The number of benzene rings is 3. The molecule has 10 rings (SSSR count). The number of carbonyl (C=O) groups excluding carboxylic acids is 2. The highest BCUT2D eigenvalue weighted by Crippen LogP contribution is 2.56. The van der Waals surface area contributed by atoms with Crippen molar-refractivity contribution >= 4 is 45.2 Å². The maximum Gasteiger partial charge on any atom is 0.438 e. The number of urea groups is 1. The quantitative estimate of drug-likeness (QED) is 0.163. The summed E-state index contributed by atoms with van der Waals surface area (Å²) >= 11 is 0. The number of fused-ring (bicyclic) bond motifs is 3. The van der Waals surface area contributed by atoms with Crippen LogP contribution in [0.5, 0.6) is 0 Å². The van der Waals surface area contributed by atoms with Gasteiger partial charge in [0.1, 0.15) is 22.9 Å². The molecular formula is C47H51FN10O5. The number of aryl methyl sites for hydroxylation is 3. The summed E-state index contributed by atoms with van der Waals surface area (Å²) in [5.74, 6) is -0.0336. The second kappa shape index (κ2) is 14.5. The predicted octanol–water partition coefficient (Wildman–Crippen LogP) is 8.03. The molecule has 0 radical (unpaired) electrons. The number of rotatable bonds is 7. The van der Waals surface area contributed by atoms with Crippen molar-refractivity contribution in [1.82, 2.24) is 39.2 Å². The first-order chi connectivity index (χ1) is 30.0. The highest BCUT2D eigenvalue weighted by Gasteiger charge is 2.59. The minimum Gasteiger partial charge on any atom is -0.376 e. The molecule has 16 heteroatoms. The van der Waals surface area contributed by atoms with Crippen molar-refractivity contribution in [3.63, 3.8) is 0 Å². The molecule has 2 fully saturated rings. The standard InChI is InChI=1S/C47H51FN10O5/c1-25-17-34(18-26(2)40(25)48)58-41(54(7)44(60)50-33-10-12-36-32(20-33)24-49-55(36)8)39-28(4)56(15-13-35(39)52-58)42(59)38-21-31-19-29(30-14-16-62-46(5,6)23-30)9-11-37(31)57(38)47(22-27(47)3)43-51-45(61)63-53-43/h9-12,17-21,24,27-28,30H,13-16,22-23H2,1-8H3,(H,50,60)(H,51,53,61)/t27-,28-,30-,47-/m0/s1. The molecule has 3 amide bonds. The number of nitrogens with zero attached hydrogens (tertiary/aromatic N) is 8. The van der Waals surface area contributed by atoms with Crippen LogP contribution in [0, 0.1) is 25.6 Å². The third-order valence-electron chi connectivity index (χ3n) is 13.7. The first-order valence-electron chi connectivity index (χ1n) is 21.6. The molecule has 3 aliphatic rings. The molecule has 7 aromatic rings. The molecule has 0 spiro atoms. The smallest absolute Gasteiger partial charge is 0.376 e. The van der Waals surface area contributed by atoms with Gasteiger partial charge in [0.15, 0.2) is 5.82 Å². The second-order valence-electron chi connectivity index (χ2n) is 18.4. The number of aromatic nitrogens is 7. The van der Waals surface area contributed by atoms with E-state index in [1.54, 1.807) is 48.6 Å². The maximum atomic E-state index is 15.5. The van der Waals surface area contributed by atoms with E-state index in [-0.39, 0.29) is 29.2 Å². The van der Waals surface area contributed by atoms with Crippen molar-refractivity contribution < 1.29 is 23.2 Å². The zero-order valence-electron chi connectivity index (χ0n) is 36.7. The lowest BCUT2D eigenvalue weighted by atomic mass is 9.83. The largest absolute Gasteiger partial charge is 0.438 e. The number of H-pyrrole nitrogens is 1. The fourth-order valence-corrected chi connectivity index (χ4v) is 10.3. The average molecular weight is 855 g/mol. The van der Waals surface area contributed by atoms with Gasteiger partial charge in [-0.1, -0.05) is 18.1 Å². The molecule has 0 unspecified atom stereocenters. The SMILES string of the molecule is Cc1cc(-n2nc3c(c2N(C)C(=O)Nc2ccc4c(cnn4C)c2)[C@H](C)N(C(=O)c2cc4cc([C@H]5CCOC(C)(C)C5)ccc4n2[C@@]2(c4noc(=O)[nH]4)C[C@@H]2C)CC3)cc(C)c1F. The molecule has 63 heavy (non-hydrogen) atoms. The Bertz CT molecular complexity index is 3040. The average Bonchev–Trinajstić information content (AvgIpc) is 3.74. The summed E-state index contributed by atoms with van der Waals surface area (Å²) in [7, 11) is 3.54. The molecule has 3 aromatic carbocycles. The first kappa shape index (κ1) is 40.5. The van der Waals surface area contributed by atoms with Gasteiger partial charge in [-0.25, -0.2) is 18.7 Å². The molecule has 1 saturated heterocycles. The van der Waals surface area contributed by atoms with E-state index in [1.165, 1.54) is 10.5 Å². The number of aromatic amines is 1. The Labute approximate surface area is 362 Å². The monoisotopic (exact) mass is 854 g/mol. The van der Waals surface area contributed by atoms with Crippen LogP contribution in [0.25, 0.3) is 27.5 Å². The summed E-state index contributed by atoms with van der Waals surface area (Å²) < 4.78 is 31.7. The number of amides is 3. The summed E-state index contributed by atoms with van der Waals surface area (Å²) in [6.45, 7) is 12.7. The first-order valence-corrected chi connectivity index (χ1v) is 21.6. The van der Waals surface area contributed by atoms with Crippen molar-refractivity contribution in [2.45, 2.75) is 90.3 Å². The Kier molecular flexibility index (Phi) is 9.33. The molecule has 2 aliphatic heterocycles. The molecule has 4 aromatic heterocycles. The van der Waals surface area contributed by atoms with Gasteiger partial charge in [-0.3, -0.25) is 23.9 Å². The Hall–Kier alpha value is -6.55. The van der Waals surface area contributed by atoms with E-state index in [9.17, 15) is 9.59 Å². The molecule has 15 nitrogen and oxygen atoms in total. The molecule has 2 N–H and O–H groups in total. The van der Waals surface area contributed by atoms with Crippen LogP contribution in [0.2, 0.25) is 0 Å². The number of halogens is 1. The van der Waals surface area contributed by atoms with Crippen LogP contribution in [0.4, 0.5) is 20.7 Å². The highest BCUT2D eigenvalue weighted by atomic mass is 19.1. The third kappa shape index (κ3) is 6.56. The zero-order valence-corrected chi connectivity index (χ0v) is 36.7. The van der Waals surface area contributed by atoms with E-state index in [4.69, 9.17) is 14.4 Å². The fourth-order valence-electron chi connectivity index (χ4n) is 10.3. The summed E-state index contributed by atoms with van der Waals surface area (Å²) in [6.07, 6.45) is 4.55.